The fraction of sp³-hybridized carbons (Fsp3) is 0.667. The molecule has 0 bridgehead atoms. The van der Waals surface area contributed by atoms with Crippen molar-refractivity contribution in [2.24, 2.45) is 0 Å². The van der Waals surface area contributed by atoms with Gasteiger partial charge in [0.05, 0.1) is 13.2 Å². The van der Waals surface area contributed by atoms with Crippen LogP contribution in [0.15, 0.2) is 11.9 Å². The Morgan fingerprint density at radius 3 is 3.29 bits per heavy atom. The summed E-state index contributed by atoms with van der Waals surface area (Å²) in [6.45, 7) is 7.62. The van der Waals surface area contributed by atoms with Crippen LogP contribution in [0, 0.1) is 0 Å². The molecule has 94 valence electrons. The Labute approximate surface area is 102 Å². The molecule has 0 spiro atoms. The molecule has 5 nitrogen and oxygen atoms in total. The first-order valence-corrected chi connectivity index (χ1v) is 6.15. The molecule has 1 aromatic heterocycles. The minimum atomic E-state index is 0.429. The fourth-order valence-corrected chi connectivity index (χ4v) is 2.05. The predicted molar refractivity (Wildman–Crippen MR) is 66.6 cm³/mol. The summed E-state index contributed by atoms with van der Waals surface area (Å²) < 4.78 is 7.34. The molecule has 1 N–H and O–H groups in total. The average molecular weight is 236 g/mol. The summed E-state index contributed by atoms with van der Waals surface area (Å²) in [7, 11) is 0. The number of hydrogen-bond acceptors (Lipinski definition) is 4. The van der Waals surface area contributed by atoms with Gasteiger partial charge in [-0.2, -0.15) is 5.10 Å². The molecule has 1 unspecified atom stereocenters. The Morgan fingerprint density at radius 2 is 2.59 bits per heavy atom. The van der Waals surface area contributed by atoms with E-state index in [1.54, 1.807) is 6.33 Å². The second kappa shape index (κ2) is 5.93. The van der Waals surface area contributed by atoms with Gasteiger partial charge in [-0.25, -0.2) is 9.67 Å². The van der Waals surface area contributed by atoms with Crippen molar-refractivity contribution in [3.8, 4) is 0 Å². The normalized spacial score (nSPS) is 21.8. The van der Waals surface area contributed by atoms with Crippen molar-refractivity contribution in [1.29, 1.82) is 0 Å². The van der Waals surface area contributed by atoms with Crippen LogP contribution in [0.4, 0.5) is 0 Å². The lowest BCUT2D eigenvalue weighted by atomic mass is 10.1. The van der Waals surface area contributed by atoms with Gasteiger partial charge in [0.15, 0.2) is 5.82 Å². The summed E-state index contributed by atoms with van der Waals surface area (Å²) in [5, 5.41) is 7.60. The molecule has 2 heterocycles. The zero-order valence-electron chi connectivity index (χ0n) is 10.5. The summed E-state index contributed by atoms with van der Waals surface area (Å²) in [5.41, 5.74) is 1.30. The SMILES string of the molecule is CCn1ncnc1/C=C(/C)CC1COCCN1. The Bertz CT molecular complexity index is 380. The van der Waals surface area contributed by atoms with Gasteiger partial charge in [-0.05, 0) is 26.3 Å². The minimum absolute atomic E-state index is 0.429. The molecule has 0 saturated carbocycles. The van der Waals surface area contributed by atoms with E-state index in [-0.39, 0.29) is 0 Å². The van der Waals surface area contributed by atoms with E-state index in [2.05, 4.69) is 35.3 Å². The van der Waals surface area contributed by atoms with Gasteiger partial charge < -0.3 is 10.1 Å². The fourth-order valence-electron chi connectivity index (χ4n) is 2.05. The van der Waals surface area contributed by atoms with E-state index < -0.39 is 0 Å². The van der Waals surface area contributed by atoms with Crippen LogP contribution >= 0.6 is 0 Å². The molecule has 0 aliphatic carbocycles. The topological polar surface area (TPSA) is 52.0 Å². The standard InChI is InChI=1S/C12H20N4O/c1-3-16-12(14-9-15-16)7-10(2)6-11-8-17-5-4-13-11/h7,9,11,13H,3-6,8H2,1-2H3/b10-7-. The van der Waals surface area contributed by atoms with Crippen LogP contribution in [0.2, 0.25) is 0 Å². The zero-order valence-corrected chi connectivity index (χ0v) is 10.5. The number of nitrogens with one attached hydrogen (secondary N) is 1. The largest absolute Gasteiger partial charge is 0.379 e. The highest BCUT2D eigenvalue weighted by atomic mass is 16.5. The third-order valence-corrected chi connectivity index (χ3v) is 2.89. The number of aromatic nitrogens is 3. The van der Waals surface area contributed by atoms with Gasteiger partial charge in [0.1, 0.15) is 6.33 Å². The number of morpholine rings is 1. The van der Waals surface area contributed by atoms with Crippen molar-refractivity contribution >= 4 is 6.08 Å². The lowest BCUT2D eigenvalue weighted by Gasteiger charge is -2.23. The van der Waals surface area contributed by atoms with Crippen molar-refractivity contribution in [1.82, 2.24) is 20.1 Å². The van der Waals surface area contributed by atoms with Crippen LogP contribution < -0.4 is 5.32 Å². The van der Waals surface area contributed by atoms with Crippen molar-refractivity contribution in [2.45, 2.75) is 32.9 Å². The van der Waals surface area contributed by atoms with E-state index in [4.69, 9.17) is 4.74 Å². The molecule has 5 heteroatoms. The predicted octanol–water partition coefficient (Wildman–Crippen LogP) is 1.08. The van der Waals surface area contributed by atoms with E-state index in [0.29, 0.717) is 6.04 Å². The van der Waals surface area contributed by atoms with Gasteiger partial charge >= 0.3 is 0 Å². The number of rotatable bonds is 4. The molecule has 1 aliphatic heterocycles. The summed E-state index contributed by atoms with van der Waals surface area (Å²) in [5.74, 6) is 0.932. The molecular formula is C12H20N4O. The summed E-state index contributed by atoms with van der Waals surface area (Å²) in [4.78, 5) is 4.24. The molecule has 0 amide bonds. The molecule has 1 saturated heterocycles. The quantitative estimate of drug-likeness (QED) is 0.850. The maximum atomic E-state index is 5.44. The van der Waals surface area contributed by atoms with E-state index in [1.807, 2.05) is 4.68 Å². The van der Waals surface area contributed by atoms with Crippen molar-refractivity contribution in [3.63, 3.8) is 0 Å². The highest BCUT2D eigenvalue weighted by Crippen LogP contribution is 2.11. The van der Waals surface area contributed by atoms with E-state index in [9.17, 15) is 0 Å². The third kappa shape index (κ3) is 3.38. The van der Waals surface area contributed by atoms with Gasteiger partial charge in [-0.3, -0.25) is 0 Å². The van der Waals surface area contributed by atoms with Crippen LogP contribution in [0.25, 0.3) is 6.08 Å². The zero-order chi connectivity index (χ0) is 12.1. The van der Waals surface area contributed by atoms with Crippen LogP contribution in [0.1, 0.15) is 26.1 Å². The Hall–Kier alpha value is -1.20. The van der Waals surface area contributed by atoms with E-state index in [1.165, 1.54) is 5.57 Å². The molecule has 1 fully saturated rings. The number of ether oxygens (including phenoxy) is 1. The average Bonchev–Trinajstić information content (AvgIpc) is 2.77. The summed E-state index contributed by atoms with van der Waals surface area (Å²) in [6.07, 6.45) is 4.70. The molecule has 2 rings (SSSR count). The molecule has 1 aliphatic rings. The van der Waals surface area contributed by atoms with Crippen LogP contribution in [-0.4, -0.2) is 40.6 Å². The van der Waals surface area contributed by atoms with Crippen LogP contribution in [-0.2, 0) is 11.3 Å². The van der Waals surface area contributed by atoms with Gasteiger partial charge in [0, 0.05) is 19.1 Å². The third-order valence-electron chi connectivity index (χ3n) is 2.89. The van der Waals surface area contributed by atoms with Gasteiger partial charge in [-0.15, -0.1) is 0 Å². The first-order valence-electron chi connectivity index (χ1n) is 6.15. The maximum Gasteiger partial charge on any atom is 0.150 e. The second-order valence-corrected chi connectivity index (χ2v) is 4.35. The highest BCUT2D eigenvalue weighted by Gasteiger charge is 2.13. The van der Waals surface area contributed by atoms with Gasteiger partial charge in [-0.1, -0.05) is 5.57 Å². The van der Waals surface area contributed by atoms with E-state index in [0.717, 1.165) is 38.5 Å². The lowest BCUT2D eigenvalue weighted by molar-refractivity contribution is 0.0771. The summed E-state index contributed by atoms with van der Waals surface area (Å²) >= 11 is 0. The minimum Gasteiger partial charge on any atom is -0.379 e. The molecular weight excluding hydrogens is 216 g/mol. The number of aryl methyl sites for hydroxylation is 1. The van der Waals surface area contributed by atoms with Gasteiger partial charge in [0.25, 0.3) is 0 Å². The molecule has 1 atom stereocenters. The second-order valence-electron chi connectivity index (χ2n) is 4.35. The van der Waals surface area contributed by atoms with Crippen LogP contribution in [0.3, 0.4) is 0 Å². The molecule has 17 heavy (non-hydrogen) atoms. The van der Waals surface area contributed by atoms with Crippen molar-refractivity contribution < 1.29 is 4.74 Å². The highest BCUT2D eigenvalue weighted by molar-refractivity contribution is 5.44. The Kier molecular flexibility index (Phi) is 4.28. The van der Waals surface area contributed by atoms with E-state index >= 15 is 0 Å². The Balaban J connectivity index is 1.96. The van der Waals surface area contributed by atoms with Gasteiger partial charge in [0.2, 0.25) is 0 Å². The first-order chi connectivity index (χ1) is 8.29. The van der Waals surface area contributed by atoms with Crippen molar-refractivity contribution in [2.75, 3.05) is 19.8 Å². The number of nitrogens with zero attached hydrogens (tertiary/aromatic N) is 3. The smallest absolute Gasteiger partial charge is 0.150 e. The Morgan fingerprint density at radius 1 is 1.71 bits per heavy atom. The molecule has 0 aromatic carbocycles. The summed E-state index contributed by atoms with van der Waals surface area (Å²) in [6, 6.07) is 0.429. The monoisotopic (exact) mass is 236 g/mol. The molecule has 0 radical (unpaired) electrons. The maximum absolute atomic E-state index is 5.44. The number of hydrogen-bond donors (Lipinski definition) is 1. The van der Waals surface area contributed by atoms with Crippen LogP contribution in [0.5, 0.6) is 0 Å². The molecule has 1 aromatic rings. The van der Waals surface area contributed by atoms with Crippen molar-refractivity contribution in [3.05, 3.63) is 17.7 Å². The lowest BCUT2D eigenvalue weighted by Crippen LogP contribution is -2.41. The first kappa shape index (κ1) is 12.3.